The summed E-state index contributed by atoms with van der Waals surface area (Å²) in [5, 5.41) is 2.76. The molecule has 0 radical (unpaired) electrons. The molecule has 0 aromatic heterocycles. The van der Waals surface area contributed by atoms with Gasteiger partial charge in [-0.05, 0) is 141 Å². The Labute approximate surface area is 405 Å². The maximum absolute atomic E-state index is 2.43. The van der Waals surface area contributed by atoms with Gasteiger partial charge in [-0.15, -0.1) is 0 Å². The van der Waals surface area contributed by atoms with E-state index < -0.39 is 0 Å². The van der Waals surface area contributed by atoms with Crippen molar-refractivity contribution in [3.05, 3.63) is 292 Å². The molecule has 12 rings (SSSR count). The van der Waals surface area contributed by atoms with Crippen LogP contribution in [0.2, 0.25) is 0 Å². The fourth-order valence-corrected chi connectivity index (χ4v) is 11.0. The smallest absolute Gasteiger partial charge is 0.0713 e. The fourth-order valence-electron chi connectivity index (χ4n) is 11.0. The average Bonchev–Trinajstić information content (AvgIpc) is 4.20. The summed E-state index contributed by atoms with van der Waals surface area (Å²) in [6, 6.07) is 77.4. The van der Waals surface area contributed by atoms with Gasteiger partial charge in [-0.3, -0.25) is 0 Å². The molecule has 1 atom stereocenters. The molecule has 1 unspecified atom stereocenters. The molecule has 9 aromatic rings. The van der Waals surface area contributed by atoms with Crippen molar-refractivity contribution in [2.75, 3.05) is 0 Å². The Balaban J connectivity index is 0.000000127. The van der Waals surface area contributed by atoms with Crippen LogP contribution in [0.25, 0.3) is 38.6 Å². The molecule has 0 aliphatic heterocycles. The first-order chi connectivity index (χ1) is 33.4. The predicted molar refractivity (Wildman–Crippen MR) is 291 cm³/mol. The lowest BCUT2D eigenvalue weighted by molar-refractivity contribution is 0.767. The lowest BCUT2D eigenvalue weighted by Gasteiger charge is -2.34. The van der Waals surface area contributed by atoms with Gasteiger partial charge in [0.15, 0.2) is 0 Å². The Bertz CT molecular complexity index is 3190. The zero-order valence-electron chi connectivity index (χ0n) is 40.1. The highest BCUT2D eigenvalue weighted by Gasteiger charge is 2.45. The molecule has 3 aliphatic carbocycles. The van der Waals surface area contributed by atoms with Crippen LogP contribution in [0.4, 0.5) is 0 Å². The summed E-state index contributed by atoms with van der Waals surface area (Å²) in [6.45, 7) is 8.79. The summed E-state index contributed by atoms with van der Waals surface area (Å²) in [5.74, 6) is 1.21. The van der Waals surface area contributed by atoms with Crippen molar-refractivity contribution in [2.45, 2.75) is 77.0 Å². The molecule has 0 saturated heterocycles. The van der Waals surface area contributed by atoms with E-state index in [2.05, 4.69) is 258 Å². The number of aryl methyl sites for hydroxylation is 4. The Hall–Kier alpha value is -7.28. The average molecular weight is 879 g/mol. The van der Waals surface area contributed by atoms with Crippen molar-refractivity contribution in [3.8, 4) is 22.3 Å². The normalized spacial score (nSPS) is 15.2. The first kappa shape index (κ1) is 44.6. The topological polar surface area (TPSA) is 0 Å². The van der Waals surface area contributed by atoms with Gasteiger partial charge >= 0.3 is 0 Å². The molecule has 0 N–H and O–H groups in total. The van der Waals surface area contributed by atoms with Crippen molar-refractivity contribution in [1.82, 2.24) is 0 Å². The van der Waals surface area contributed by atoms with Crippen molar-refractivity contribution in [3.63, 3.8) is 0 Å². The second-order valence-corrected chi connectivity index (χ2v) is 19.1. The highest BCUT2D eigenvalue weighted by molar-refractivity contribution is 5.87. The lowest BCUT2D eigenvalue weighted by atomic mass is 9.67. The third-order valence-electron chi connectivity index (χ3n) is 14.5. The molecule has 1 fully saturated rings. The van der Waals surface area contributed by atoms with E-state index in [9.17, 15) is 0 Å². The van der Waals surface area contributed by atoms with E-state index in [1.165, 1.54) is 120 Å². The number of fused-ring (bicyclic) bond motifs is 4. The number of hydrogen-bond donors (Lipinski definition) is 0. The first-order valence-electron chi connectivity index (χ1n) is 24.9. The highest BCUT2D eigenvalue weighted by Crippen LogP contribution is 2.56. The van der Waals surface area contributed by atoms with E-state index in [0.717, 1.165) is 12.3 Å². The van der Waals surface area contributed by atoms with Gasteiger partial charge in [0, 0.05) is 5.92 Å². The second kappa shape index (κ2) is 19.9. The van der Waals surface area contributed by atoms with Crippen LogP contribution in [0, 0.1) is 20.8 Å². The first-order valence-corrected chi connectivity index (χ1v) is 24.9. The molecule has 9 aromatic carbocycles. The predicted octanol–water partition coefficient (Wildman–Crippen LogP) is 18.1. The van der Waals surface area contributed by atoms with Crippen molar-refractivity contribution < 1.29 is 0 Å². The molecular weight excluding hydrogens is 817 g/mol. The largest absolute Gasteiger partial charge is 0.0761 e. The summed E-state index contributed by atoms with van der Waals surface area (Å²) in [6.07, 6.45) is 13.3. The van der Waals surface area contributed by atoms with E-state index in [1.807, 2.05) is 0 Å². The lowest BCUT2D eigenvalue weighted by Crippen LogP contribution is -2.28. The number of allylic oxidation sites excluding steroid dienone is 4. The van der Waals surface area contributed by atoms with Crippen LogP contribution in [0.1, 0.15) is 106 Å². The maximum Gasteiger partial charge on any atom is 0.0713 e. The number of benzene rings is 9. The molecule has 0 heterocycles. The van der Waals surface area contributed by atoms with Crippen LogP contribution in [-0.4, -0.2) is 0 Å². The van der Waals surface area contributed by atoms with Gasteiger partial charge in [-0.2, -0.15) is 0 Å². The van der Waals surface area contributed by atoms with Gasteiger partial charge in [0.2, 0.25) is 0 Å². The molecular formula is C68H62. The molecule has 0 bridgehead atoms. The Morgan fingerprint density at radius 2 is 1.10 bits per heavy atom. The van der Waals surface area contributed by atoms with E-state index in [4.69, 9.17) is 0 Å². The summed E-state index contributed by atoms with van der Waals surface area (Å²) in [7, 11) is 0. The third-order valence-corrected chi connectivity index (χ3v) is 14.5. The minimum absolute atomic E-state index is 0.263. The summed E-state index contributed by atoms with van der Waals surface area (Å²) < 4.78 is 0. The van der Waals surface area contributed by atoms with Crippen LogP contribution in [0.3, 0.4) is 0 Å². The summed E-state index contributed by atoms with van der Waals surface area (Å²) in [4.78, 5) is 0. The van der Waals surface area contributed by atoms with Crippen molar-refractivity contribution in [2.24, 2.45) is 0 Å². The van der Waals surface area contributed by atoms with Crippen molar-refractivity contribution >= 4 is 16.3 Å². The Morgan fingerprint density at radius 1 is 0.500 bits per heavy atom. The third kappa shape index (κ3) is 8.85. The van der Waals surface area contributed by atoms with Gasteiger partial charge in [0.25, 0.3) is 0 Å². The molecule has 1 saturated carbocycles. The van der Waals surface area contributed by atoms with Crippen LogP contribution in [0.5, 0.6) is 0 Å². The monoisotopic (exact) mass is 878 g/mol. The molecule has 0 spiro atoms. The van der Waals surface area contributed by atoms with Gasteiger partial charge in [-0.1, -0.05) is 255 Å². The zero-order valence-corrected chi connectivity index (χ0v) is 40.1. The van der Waals surface area contributed by atoms with Crippen molar-refractivity contribution in [1.29, 1.82) is 0 Å². The van der Waals surface area contributed by atoms with Gasteiger partial charge in [0.05, 0.1) is 5.41 Å². The van der Waals surface area contributed by atoms with Crippen LogP contribution in [0.15, 0.2) is 231 Å². The van der Waals surface area contributed by atoms with E-state index in [0.29, 0.717) is 5.92 Å². The quantitative estimate of drug-likeness (QED) is 0.143. The van der Waals surface area contributed by atoms with Gasteiger partial charge < -0.3 is 0 Å². The molecule has 3 aliphatic rings. The summed E-state index contributed by atoms with van der Waals surface area (Å²) in [5.41, 5.74) is 21.9. The number of rotatable bonds is 8. The van der Waals surface area contributed by atoms with Crippen LogP contribution in [-0.2, 0) is 11.8 Å². The van der Waals surface area contributed by atoms with Crippen LogP contribution < -0.4 is 0 Å². The molecule has 68 heavy (non-hydrogen) atoms. The molecule has 0 nitrogen and oxygen atoms in total. The zero-order chi connectivity index (χ0) is 46.5. The van der Waals surface area contributed by atoms with E-state index in [-0.39, 0.29) is 5.41 Å². The molecule has 0 heteroatoms. The minimum Gasteiger partial charge on any atom is -0.0761 e. The fraction of sp³-hybridized carbons (Fsp3) is 0.176. The van der Waals surface area contributed by atoms with E-state index >= 15 is 0 Å². The van der Waals surface area contributed by atoms with E-state index in [1.54, 1.807) is 5.56 Å². The molecule has 0 amide bonds. The highest BCUT2D eigenvalue weighted by atomic mass is 14.5. The second-order valence-electron chi connectivity index (χ2n) is 19.1. The maximum atomic E-state index is 2.43. The molecule has 334 valence electrons. The SMILES string of the molecule is CCCc1cccc2ccccc12.Cc1ccc(C2=CCC(c3cccc(-c4ccccc4C)c3C3CC3)C=C2)cc1.Cc1ccc2c(c1)C(c1ccccc1)(c1ccccc1)c1ccccc1-2. The Morgan fingerprint density at radius 3 is 1.79 bits per heavy atom. The van der Waals surface area contributed by atoms with Gasteiger partial charge in [0.1, 0.15) is 0 Å². The summed E-state index contributed by atoms with van der Waals surface area (Å²) >= 11 is 0. The minimum atomic E-state index is -0.263. The van der Waals surface area contributed by atoms with Gasteiger partial charge in [-0.25, -0.2) is 0 Å². The standard InChI is InChI=1S/C29H28.C26H20.C13H14/c1-20-10-12-22(13-11-20)23-14-16-24(17-15-23)27-8-5-9-28(29(27)25-18-19-25)26-7-4-3-6-21(26)2;1-19-16-17-23-22-14-8-9-15-24(22)26(25(23)18-19,20-10-4-2-5-11-20)21-12-6-3-7-13-21;1-2-6-11-8-5-9-12-7-3-4-10-13(11)12/h3-16,24-25H,17-19H2,1-2H3;2-18H,1H3;3-5,7-10H,2,6H2,1H3. The van der Waals surface area contributed by atoms with Crippen LogP contribution >= 0.6 is 0 Å². The Kier molecular flexibility index (Phi) is 13.0. The number of hydrogen-bond acceptors (Lipinski definition) is 0.